The smallest absolute Gasteiger partial charge is 0.303 e. The number of rotatable bonds is 13. The van der Waals surface area contributed by atoms with Gasteiger partial charge in [0.15, 0.2) is 11.5 Å². The molecule has 0 unspecified atom stereocenters. The van der Waals surface area contributed by atoms with Gasteiger partial charge in [0, 0.05) is 44.0 Å². The lowest BCUT2D eigenvalue weighted by Gasteiger charge is -2.16. The lowest BCUT2D eigenvalue weighted by molar-refractivity contribution is -0.137. The number of nitrogens with zero attached hydrogens (tertiary/aromatic N) is 3. The second-order valence-corrected chi connectivity index (χ2v) is 7.44. The van der Waals surface area contributed by atoms with E-state index in [0.717, 1.165) is 41.9 Å². The minimum Gasteiger partial charge on any atom is -0.493 e. The molecule has 4 N–H and O–H groups in total. The lowest BCUT2D eigenvalue weighted by Crippen LogP contribution is -2.26. The van der Waals surface area contributed by atoms with E-state index in [0.29, 0.717) is 23.7 Å². The first-order valence-corrected chi connectivity index (χ1v) is 10.5. The topological polar surface area (TPSA) is 125 Å². The van der Waals surface area contributed by atoms with E-state index in [2.05, 4.69) is 37.5 Å². The number of ether oxygens (including phenoxy) is 2. The standard InChI is InChI=1S/C22H30N6O4/c1-23-8-9-28(2)13-15-12-24-21-20(15)22(26-14-25-21)27-16-6-7-17(31-3)18(11-16)32-10-4-5-19(29)30/h6-7,11-12,14,23H,4-5,8-10,13H2,1-3H3,(H,29,30)(H2,24,25,26,27). The zero-order chi connectivity index (χ0) is 22.9. The van der Waals surface area contributed by atoms with Crippen molar-refractivity contribution in [2.75, 3.05) is 46.2 Å². The van der Waals surface area contributed by atoms with Crippen LogP contribution in [0.15, 0.2) is 30.7 Å². The summed E-state index contributed by atoms with van der Waals surface area (Å²) in [5.41, 5.74) is 2.63. The van der Waals surface area contributed by atoms with Gasteiger partial charge in [0.25, 0.3) is 0 Å². The van der Waals surface area contributed by atoms with Crippen LogP contribution in [0, 0.1) is 0 Å². The van der Waals surface area contributed by atoms with Crippen molar-refractivity contribution in [3.63, 3.8) is 0 Å². The summed E-state index contributed by atoms with van der Waals surface area (Å²) in [4.78, 5) is 25.0. The van der Waals surface area contributed by atoms with Gasteiger partial charge in [0.2, 0.25) is 0 Å². The van der Waals surface area contributed by atoms with Gasteiger partial charge in [-0.15, -0.1) is 0 Å². The molecule has 172 valence electrons. The summed E-state index contributed by atoms with van der Waals surface area (Å²) in [5, 5.41) is 16.2. The Balaban J connectivity index is 1.80. The molecule has 0 saturated carbocycles. The fourth-order valence-corrected chi connectivity index (χ4v) is 3.33. The molecule has 1 aromatic carbocycles. The van der Waals surface area contributed by atoms with E-state index >= 15 is 0 Å². The molecule has 3 rings (SSSR count). The molecule has 10 nitrogen and oxygen atoms in total. The number of likely N-dealkylation sites (N-methyl/N-ethyl adjacent to an activating group) is 2. The molecule has 0 amide bonds. The molecule has 0 spiro atoms. The van der Waals surface area contributed by atoms with Crippen molar-refractivity contribution in [2.24, 2.45) is 0 Å². The van der Waals surface area contributed by atoms with Gasteiger partial charge in [0.1, 0.15) is 17.8 Å². The van der Waals surface area contributed by atoms with Crippen LogP contribution in [0.5, 0.6) is 11.5 Å². The molecule has 0 aliphatic heterocycles. The van der Waals surface area contributed by atoms with Gasteiger partial charge in [0.05, 0.1) is 19.1 Å². The third kappa shape index (κ3) is 6.08. The lowest BCUT2D eigenvalue weighted by atomic mass is 10.2. The highest BCUT2D eigenvalue weighted by molar-refractivity contribution is 5.92. The molecule has 0 radical (unpaired) electrons. The van der Waals surface area contributed by atoms with Crippen molar-refractivity contribution in [2.45, 2.75) is 19.4 Å². The molecule has 0 aliphatic carbocycles. The van der Waals surface area contributed by atoms with Gasteiger partial charge < -0.3 is 35.1 Å². The summed E-state index contributed by atoms with van der Waals surface area (Å²) in [6.07, 6.45) is 3.95. The molecule has 32 heavy (non-hydrogen) atoms. The number of benzene rings is 1. The molecule has 10 heteroatoms. The predicted molar refractivity (Wildman–Crippen MR) is 123 cm³/mol. The maximum Gasteiger partial charge on any atom is 0.303 e. The fourth-order valence-electron chi connectivity index (χ4n) is 3.33. The van der Waals surface area contributed by atoms with Crippen LogP contribution in [-0.4, -0.2) is 71.8 Å². The number of aromatic nitrogens is 3. The van der Waals surface area contributed by atoms with E-state index in [4.69, 9.17) is 14.6 Å². The third-order valence-electron chi connectivity index (χ3n) is 4.95. The largest absolute Gasteiger partial charge is 0.493 e. The summed E-state index contributed by atoms with van der Waals surface area (Å²) in [7, 11) is 5.58. The van der Waals surface area contributed by atoms with E-state index < -0.39 is 5.97 Å². The number of methoxy groups -OCH3 is 1. The van der Waals surface area contributed by atoms with E-state index in [9.17, 15) is 4.79 Å². The first-order valence-electron chi connectivity index (χ1n) is 10.5. The van der Waals surface area contributed by atoms with Crippen LogP contribution in [0.3, 0.4) is 0 Å². The SMILES string of the molecule is CNCCN(C)Cc1c[nH]c2ncnc(Nc3ccc(OC)c(OCCCC(=O)O)c3)c12. The Kier molecular flexibility index (Phi) is 8.23. The second kappa shape index (κ2) is 11.3. The van der Waals surface area contributed by atoms with Crippen LogP contribution in [0.1, 0.15) is 18.4 Å². The molecule has 0 aliphatic rings. The zero-order valence-electron chi connectivity index (χ0n) is 18.6. The summed E-state index contributed by atoms with van der Waals surface area (Å²) in [5.74, 6) is 0.958. The van der Waals surface area contributed by atoms with Crippen LogP contribution < -0.4 is 20.1 Å². The highest BCUT2D eigenvalue weighted by Crippen LogP contribution is 2.33. The number of anilines is 2. The number of hydrogen-bond donors (Lipinski definition) is 4. The molecule has 2 heterocycles. The number of aliphatic carboxylic acids is 1. The van der Waals surface area contributed by atoms with Gasteiger partial charge in [-0.25, -0.2) is 9.97 Å². The Morgan fingerprint density at radius 2 is 2.12 bits per heavy atom. The maximum absolute atomic E-state index is 10.7. The Morgan fingerprint density at radius 1 is 1.28 bits per heavy atom. The van der Waals surface area contributed by atoms with Crippen molar-refractivity contribution in [3.05, 3.63) is 36.3 Å². The van der Waals surface area contributed by atoms with Gasteiger partial charge in [-0.1, -0.05) is 0 Å². The van der Waals surface area contributed by atoms with Crippen LogP contribution in [0.25, 0.3) is 11.0 Å². The number of nitrogens with one attached hydrogen (secondary N) is 3. The minimum atomic E-state index is -0.845. The third-order valence-corrected chi connectivity index (χ3v) is 4.95. The number of aromatic amines is 1. The Labute approximate surface area is 187 Å². The molecule has 0 fully saturated rings. The molecule has 0 atom stereocenters. The Morgan fingerprint density at radius 3 is 2.88 bits per heavy atom. The number of carboxylic acids is 1. The molecular weight excluding hydrogens is 412 g/mol. The minimum absolute atomic E-state index is 0.0538. The second-order valence-electron chi connectivity index (χ2n) is 7.44. The molecule has 0 saturated heterocycles. The Bertz CT molecular complexity index is 1040. The van der Waals surface area contributed by atoms with Crippen molar-refractivity contribution >= 4 is 28.5 Å². The van der Waals surface area contributed by atoms with Gasteiger partial charge in [-0.05, 0) is 38.2 Å². The summed E-state index contributed by atoms with van der Waals surface area (Å²) >= 11 is 0. The molecule has 3 aromatic rings. The zero-order valence-corrected chi connectivity index (χ0v) is 18.6. The van der Waals surface area contributed by atoms with Crippen molar-refractivity contribution in [1.82, 2.24) is 25.2 Å². The molecule has 0 bridgehead atoms. The Hall–Kier alpha value is -3.37. The normalized spacial score (nSPS) is 11.1. The molecular formula is C22H30N6O4. The van der Waals surface area contributed by atoms with Crippen molar-refractivity contribution in [1.29, 1.82) is 0 Å². The summed E-state index contributed by atoms with van der Waals surface area (Å²) in [6, 6.07) is 5.50. The maximum atomic E-state index is 10.7. The number of carbonyl (C=O) groups is 1. The number of hydrogen-bond acceptors (Lipinski definition) is 8. The van der Waals surface area contributed by atoms with Crippen LogP contribution in [0.2, 0.25) is 0 Å². The monoisotopic (exact) mass is 442 g/mol. The van der Waals surface area contributed by atoms with E-state index in [1.807, 2.05) is 25.4 Å². The van der Waals surface area contributed by atoms with Crippen LogP contribution in [-0.2, 0) is 11.3 Å². The molecule has 2 aromatic heterocycles. The highest BCUT2D eigenvalue weighted by Gasteiger charge is 2.14. The summed E-state index contributed by atoms with van der Waals surface area (Å²) < 4.78 is 11.1. The number of H-pyrrole nitrogens is 1. The van der Waals surface area contributed by atoms with E-state index in [1.165, 1.54) is 6.33 Å². The van der Waals surface area contributed by atoms with Crippen molar-refractivity contribution < 1.29 is 19.4 Å². The van der Waals surface area contributed by atoms with Crippen molar-refractivity contribution in [3.8, 4) is 11.5 Å². The van der Waals surface area contributed by atoms with E-state index in [1.54, 1.807) is 13.2 Å². The average Bonchev–Trinajstić information content (AvgIpc) is 3.19. The van der Waals surface area contributed by atoms with Gasteiger partial charge in [-0.3, -0.25) is 4.79 Å². The highest BCUT2D eigenvalue weighted by atomic mass is 16.5. The predicted octanol–water partition coefficient (Wildman–Crippen LogP) is 2.60. The van der Waals surface area contributed by atoms with Crippen LogP contribution >= 0.6 is 0 Å². The quantitative estimate of drug-likeness (QED) is 0.296. The first kappa shape index (κ1) is 23.3. The average molecular weight is 443 g/mol. The fraction of sp³-hybridized carbons (Fsp3) is 0.409. The number of fused-ring (bicyclic) bond motifs is 1. The number of carboxylic acid groups (broad SMARTS) is 1. The van der Waals surface area contributed by atoms with Crippen LogP contribution in [0.4, 0.5) is 11.5 Å². The van der Waals surface area contributed by atoms with Gasteiger partial charge in [-0.2, -0.15) is 0 Å². The summed E-state index contributed by atoms with van der Waals surface area (Å²) in [6.45, 7) is 2.86. The van der Waals surface area contributed by atoms with E-state index in [-0.39, 0.29) is 13.0 Å². The van der Waals surface area contributed by atoms with Gasteiger partial charge >= 0.3 is 5.97 Å². The first-order chi connectivity index (χ1) is 15.5.